The number of rotatable bonds is 9. The average Bonchev–Trinajstić information content (AvgIpc) is 2.91. The van der Waals surface area contributed by atoms with Gasteiger partial charge in [-0.2, -0.15) is 10.2 Å². The maximum absolute atomic E-state index is 11.7. The van der Waals surface area contributed by atoms with Crippen molar-refractivity contribution < 1.29 is 14.3 Å². The van der Waals surface area contributed by atoms with Crippen LogP contribution in [0.2, 0.25) is 0 Å². The van der Waals surface area contributed by atoms with E-state index in [4.69, 9.17) is 15.2 Å². The van der Waals surface area contributed by atoms with Crippen LogP contribution in [0, 0.1) is 17.2 Å². The summed E-state index contributed by atoms with van der Waals surface area (Å²) in [5.41, 5.74) is 8.37. The highest BCUT2D eigenvalue weighted by Crippen LogP contribution is 2.27. The zero-order valence-electron chi connectivity index (χ0n) is 22.1. The summed E-state index contributed by atoms with van der Waals surface area (Å²) in [6.07, 6.45) is 0.582. The van der Waals surface area contributed by atoms with Crippen LogP contribution in [0.3, 0.4) is 0 Å². The zero-order valence-corrected chi connectivity index (χ0v) is 22.1. The van der Waals surface area contributed by atoms with Crippen molar-refractivity contribution in [2.24, 2.45) is 11.7 Å². The second kappa shape index (κ2) is 11.6. The molecule has 3 N–H and O–H groups in total. The van der Waals surface area contributed by atoms with Crippen LogP contribution in [0.15, 0.2) is 48.8 Å². The maximum Gasteiger partial charge on any atom is 0.258 e. The third kappa shape index (κ3) is 6.08. The van der Waals surface area contributed by atoms with Gasteiger partial charge in [-0.25, -0.2) is 9.97 Å². The predicted octanol–water partition coefficient (Wildman–Crippen LogP) is 2.56. The quantitative estimate of drug-likeness (QED) is 0.425. The Kier molecular flexibility index (Phi) is 7.86. The molecular formula is C28H32N8O3. The molecule has 0 aliphatic carbocycles. The van der Waals surface area contributed by atoms with Gasteiger partial charge in [0.05, 0.1) is 24.8 Å². The van der Waals surface area contributed by atoms with Crippen LogP contribution in [0.25, 0.3) is 11.4 Å². The van der Waals surface area contributed by atoms with Crippen LogP contribution >= 0.6 is 0 Å². The Morgan fingerprint density at radius 2 is 1.87 bits per heavy atom. The van der Waals surface area contributed by atoms with Crippen LogP contribution < -0.4 is 20.7 Å². The molecule has 2 aromatic carbocycles. The van der Waals surface area contributed by atoms with E-state index in [1.807, 2.05) is 26.0 Å². The normalized spacial score (nSPS) is 16.8. The minimum atomic E-state index is -0.839. The molecule has 202 valence electrons. The molecule has 0 bridgehead atoms. The lowest BCUT2D eigenvalue weighted by atomic mass is 10.1. The van der Waals surface area contributed by atoms with Crippen LogP contribution in [0.1, 0.15) is 19.4 Å². The molecule has 1 amide bonds. The fourth-order valence-electron chi connectivity index (χ4n) is 4.68. The molecule has 1 aromatic heterocycles. The Hall–Kier alpha value is -4.27. The Labute approximate surface area is 227 Å². The van der Waals surface area contributed by atoms with Gasteiger partial charge < -0.3 is 25.4 Å². The molecule has 0 radical (unpaired) electrons. The smallest absolute Gasteiger partial charge is 0.258 e. The number of nitrogens with one attached hydrogen (secondary N) is 1. The molecule has 0 saturated carbocycles. The van der Waals surface area contributed by atoms with Crippen LogP contribution in [-0.4, -0.2) is 77.3 Å². The maximum atomic E-state index is 11.7. The Bertz CT molecular complexity index is 1350. The van der Waals surface area contributed by atoms with Gasteiger partial charge in [0.25, 0.3) is 5.91 Å². The van der Waals surface area contributed by atoms with E-state index in [1.165, 1.54) is 12.0 Å². The summed E-state index contributed by atoms with van der Waals surface area (Å²) in [4.78, 5) is 29.7. The van der Waals surface area contributed by atoms with E-state index in [-0.39, 0.29) is 17.2 Å². The average molecular weight is 529 g/mol. The van der Waals surface area contributed by atoms with Crippen molar-refractivity contribution in [3.63, 3.8) is 0 Å². The lowest BCUT2D eigenvalue weighted by Crippen LogP contribution is -2.56. The highest BCUT2D eigenvalue weighted by molar-refractivity contribution is 5.79. The molecule has 0 spiro atoms. The van der Waals surface area contributed by atoms with E-state index < -0.39 is 12.0 Å². The first-order valence-electron chi connectivity index (χ1n) is 13.0. The molecule has 2 aliphatic heterocycles. The molecule has 2 fully saturated rings. The molecule has 3 aromatic rings. The molecule has 5 rings (SSSR count). The first-order valence-corrected chi connectivity index (χ1v) is 13.0. The fraction of sp³-hybridized carbons (Fsp3) is 0.393. The number of carbonyl (C=O) groups is 1. The molecule has 11 heteroatoms. The number of nitrogens with zero attached hydrogens (tertiary/aromatic N) is 6. The summed E-state index contributed by atoms with van der Waals surface area (Å²) in [5, 5.41) is 12.9. The van der Waals surface area contributed by atoms with Gasteiger partial charge in [0.1, 0.15) is 18.1 Å². The number of piperazine rings is 1. The second-order valence-corrected chi connectivity index (χ2v) is 10.0. The number of amides is 1. The molecule has 11 nitrogen and oxygen atoms in total. The van der Waals surface area contributed by atoms with Crippen LogP contribution in [0.4, 0.5) is 17.3 Å². The van der Waals surface area contributed by atoms with E-state index in [1.54, 1.807) is 18.2 Å². The number of benzene rings is 2. The van der Waals surface area contributed by atoms with Gasteiger partial charge >= 0.3 is 0 Å². The summed E-state index contributed by atoms with van der Waals surface area (Å²) >= 11 is 0. The zero-order chi connectivity index (χ0) is 27.4. The molecule has 3 heterocycles. The van der Waals surface area contributed by atoms with Crippen molar-refractivity contribution >= 4 is 23.2 Å². The molecule has 2 aliphatic rings. The summed E-state index contributed by atoms with van der Waals surface area (Å²) in [7, 11) is 0. The van der Waals surface area contributed by atoms with Gasteiger partial charge in [-0.3, -0.25) is 9.69 Å². The Balaban J connectivity index is 1.24. The largest absolute Gasteiger partial charge is 0.479 e. The predicted molar refractivity (Wildman–Crippen MR) is 147 cm³/mol. The highest BCUT2D eigenvalue weighted by Gasteiger charge is 2.29. The number of hydrogen-bond acceptors (Lipinski definition) is 10. The molecule has 2 saturated heterocycles. The third-order valence-corrected chi connectivity index (χ3v) is 7.01. The summed E-state index contributed by atoms with van der Waals surface area (Å²) in [6, 6.07) is 15.9. The van der Waals surface area contributed by atoms with Gasteiger partial charge in [0.2, 0.25) is 5.95 Å². The van der Waals surface area contributed by atoms with Crippen molar-refractivity contribution in [1.82, 2.24) is 19.9 Å². The first kappa shape index (κ1) is 26.3. The van der Waals surface area contributed by atoms with Crippen molar-refractivity contribution in [3.05, 3.63) is 54.4 Å². The summed E-state index contributed by atoms with van der Waals surface area (Å²) in [6.45, 7) is 9.45. The van der Waals surface area contributed by atoms with E-state index in [2.05, 4.69) is 48.3 Å². The minimum absolute atomic E-state index is 0.141. The number of ether oxygens (including phenoxy) is 2. The van der Waals surface area contributed by atoms with E-state index in [0.717, 1.165) is 45.1 Å². The monoisotopic (exact) mass is 528 g/mol. The molecule has 1 atom stereocenters. The van der Waals surface area contributed by atoms with Gasteiger partial charge in [-0.1, -0.05) is 13.8 Å². The number of anilines is 3. The number of nitrogens with two attached hydrogens (primary N) is 1. The SMILES string of the molecule is CC(C)C(Oc1ccc(-c2ncnc(Nc3ccc(N4CCN(C5COC5)CC4)cc3)n2)cc1C#N)C(N)=O. The van der Waals surface area contributed by atoms with Crippen molar-refractivity contribution in [2.75, 3.05) is 49.6 Å². The van der Waals surface area contributed by atoms with Crippen molar-refractivity contribution in [3.8, 4) is 23.2 Å². The highest BCUT2D eigenvalue weighted by atomic mass is 16.5. The van der Waals surface area contributed by atoms with E-state index in [0.29, 0.717) is 23.4 Å². The molecule has 39 heavy (non-hydrogen) atoms. The Morgan fingerprint density at radius 3 is 2.49 bits per heavy atom. The van der Waals surface area contributed by atoms with Gasteiger partial charge in [0.15, 0.2) is 11.9 Å². The lowest BCUT2D eigenvalue weighted by molar-refractivity contribution is -0.126. The first-order chi connectivity index (χ1) is 18.9. The standard InChI is InChI=1S/C28H32N8O3/c1-18(2)25(26(30)37)39-24-8-3-19(13-20(24)14-29)27-31-17-32-28(34-27)33-21-4-6-22(7-5-21)35-9-11-36(12-10-35)23-15-38-16-23/h3-8,13,17-18,23,25H,9-12,15-16H2,1-2H3,(H2,30,37)(H,31,32,33,34). The van der Waals surface area contributed by atoms with Gasteiger partial charge in [-0.15, -0.1) is 0 Å². The number of aromatic nitrogens is 3. The van der Waals surface area contributed by atoms with Crippen molar-refractivity contribution in [2.45, 2.75) is 26.0 Å². The molecule has 1 unspecified atom stereocenters. The number of primary amides is 1. The summed E-state index contributed by atoms with van der Waals surface area (Å²) in [5.74, 6) is 0.345. The van der Waals surface area contributed by atoms with E-state index >= 15 is 0 Å². The van der Waals surface area contributed by atoms with E-state index in [9.17, 15) is 10.1 Å². The van der Waals surface area contributed by atoms with Gasteiger partial charge in [0, 0.05) is 43.1 Å². The van der Waals surface area contributed by atoms with Gasteiger partial charge in [-0.05, 0) is 48.4 Å². The number of hydrogen-bond donors (Lipinski definition) is 2. The lowest BCUT2D eigenvalue weighted by Gasteiger charge is -2.43. The molecular weight excluding hydrogens is 496 g/mol. The number of carbonyl (C=O) groups excluding carboxylic acids is 1. The third-order valence-electron chi connectivity index (χ3n) is 7.01. The van der Waals surface area contributed by atoms with Crippen molar-refractivity contribution in [1.29, 1.82) is 5.26 Å². The van der Waals surface area contributed by atoms with Crippen LogP contribution in [-0.2, 0) is 9.53 Å². The Morgan fingerprint density at radius 1 is 1.13 bits per heavy atom. The second-order valence-electron chi connectivity index (χ2n) is 10.0. The topological polar surface area (TPSA) is 143 Å². The number of nitriles is 1. The van der Waals surface area contributed by atoms with Crippen LogP contribution in [0.5, 0.6) is 5.75 Å². The minimum Gasteiger partial charge on any atom is -0.479 e. The summed E-state index contributed by atoms with van der Waals surface area (Å²) < 4.78 is 11.1. The fourth-order valence-corrected chi connectivity index (χ4v) is 4.68.